The molecule has 1 aromatic heterocycles. The smallest absolute Gasteiger partial charge is 0.302 e. The van der Waals surface area contributed by atoms with Crippen LogP contribution in [0.1, 0.15) is 5.56 Å². The van der Waals surface area contributed by atoms with E-state index in [0.717, 1.165) is 17.3 Å². The number of anilines is 2. The number of hydrogen-bond acceptors (Lipinski definition) is 7. The Labute approximate surface area is 206 Å². The number of thioether (sulfide) groups is 1. The van der Waals surface area contributed by atoms with E-state index in [1.807, 2.05) is 66.7 Å². The molecule has 0 radical (unpaired) electrons. The van der Waals surface area contributed by atoms with Gasteiger partial charge in [0, 0.05) is 7.11 Å². The summed E-state index contributed by atoms with van der Waals surface area (Å²) in [6.45, 7) is 0.976. The number of benzene rings is 2. The zero-order valence-corrected chi connectivity index (χ0v) is 19.9. The number of allylic oxidation sites excluding steroid dienone is 2. The number of nitrogens with zero attached hydrogens (tertiary/aromatic N) is 4. The Kier molecular flexibility index (Phi) is 8.21. The van der Waals surface area contributed by atoms with E-state index in [2.05, 4.69) is 15.6 Å². The summed E-state index contributed by atoms with van der Waals surface area (Å²) < 4.78 is 11.6. The van der Waals surface area contributed by atoms with Crippen LogP contribution in [0.25, 0.3) is 6.08 Å². The Bertz CT molecular complexity index is 1260. The van der Waals surface area contributed by atoms with E-state index < -0.39 is 0 Å². The molecule has 1 N–H and O–H groups in total. The van der Waals surface area contributed by atoms with Crippen LogP contribution in [0.15, 0.2) is 94.2 Å². The topological polar surface area (TPSA) is 101 Å². The van der Waals surface area contributed by atoms with Crippen LogP contribution in [0.4, 0.5) is 11.6 Å². The number of amides is 2. The lowest BCUT2D eigenvalue weighted by Crippen LogP contribution is -2.36. The third-order valence-electron chi connectivity index (χ3n) is 4.82. The standard InChI is InChI=1S/C25H23N5O4S/c1-33-16-15-29-17-23(34-28-29)27-22(31)18-35-25-26-21(14-8-11-19-9-4-2-5-10-19)24(32)30(25)20-12-6-3-7-13-20/h2-14,17H,15-16,18H2,1H3/p+1/b11-8+,21-14+. The monoisotopic (exact) mass is 490 g/mol. The minimum Gasteiger partial charge on any atom is -0.378 e. The third kappa shape index (κ3) is 6.52. The van der Waals surface area contributed by atoms with E-state index in [4.69, 9.17) is 9.26 Å². The predicted molar refractivity (Wildman–Crippen MR) is 135 cm³/mol. The van der Waals surface area contributed by atoms with Gasteiger partial charge in [0.05, 0.1) is 11.4 Å². The molecule has 0 saturated heterocycles. The van der Waals surface area contributed by atoms with Gasteiger partial charge in [-0.2, -0.15) is 0 Å². The molecule has 2 heterocycles. The van der Waals surface area contributed by atoms with E-state index in [1.165, 1.54) is 9.58 Å². The number of rotatable bonds is 9. The number of nitrogens with one attached hydrogen (secondary N) is 1. The number of aliphatic imine (C=N–C) groups is 1. The van der Waals surface area contributed by atoms with Gasteiger partial charge < -0.3 is 4.74 Å². The van der Waals surface area contributed by atoms with Crippen molar-refractivity contribution in [1.82, 2.24) is 5.27 Å². The Hall–Kier alpha value is -4.02. The number of carbonyl (C=O) groups is 2. The Morgan fingerprint density at radius 3 is 2.66 bits per heavy atom. The van der Waals surface area contributed by atoms with Crippen molar-refractivity contribution < 1.29 is 23.5 Å². The van der Waals surface area contributed by atoms with Crippen molar-refractivity contribution in [2.24, 2.45) is 4.99 Å². The van der Waals surface area contributed by atoms with Crippen molar-refractivity contribution in [1.29, 1.82) is 0 Å². The lowest BCUT2D eigenvalue weighted by molar-refractivity contribution is -0.763. The molecule has 0 saturated carbocycles. The highest BCUT2D eigenvalue weighted by molar-refractivity contribution is 8.14. The zero-order chi connectivity index (χ0) is 24.5. The van der Waals surface area contributed by atoms with Gasteiger partial charge in [-0.15, -0.1) is 0 Å². The maximum Gasteiger partial charge on any atom is 0.302 e. The van der Waals surface area contributed by atoms with Crippen molar-refractivity contribution in [2.75, 3.05) is 29.7 Å². The number of carbonyl (C=O) groups excluding carboxylic acids is 2. The molecule has 3 aromatic rings. The second-order valence-electron chi connectivity index (χ2n) is 7.35. The van der Waals surface area contributed by atoms with Crippen LogP contribution in [0, 0.1) is 0 Å². The third-order valence-corrected chi connectivity index (χ3v) is 5.75. The normalized spacial score (nSPS) is 14.7. The molecule has 1 aliphatic rings. The lowest BCUT2D eigenvalue weighted by Gasteiger charge is -2.17. The molecule has 10 heteroatoms. The van der Waals surface area contributed by atoms with Crippen LogP contribution in [-0.2, 0) is 20.9 Å². The molecule has 35 heavy (non-hydrogen) atoms. The minimum atomic E-state index is -0.311. The lowest BCUT2D eigenvalue weighted by atomic mass is 10.2. The summed E-state index contributed by atoms with van der Waals surface area (Å²) in [6.07, 6.45) is 6.94. The first kappa shape index (κ1) is 24.1. The van der Waals surface area contributed by atoms with Crippen molar-refractivity contribution in [3.63, 3.8) is 0 Å². The van der Waals surface area contributed by atoms with Crippen LogP contribution >= 0.6 is 11.8 Å². The summed E-state index contributed by atoms with van der Waals surface area (Å²) in [4.78, 5) is 31.6. The fourth-order valence-electron chi connectivity index (χ4n) is 3.15. The maximum atomic E-state index is 13.1. The largest absolute Gasteiger partial charge is 0.378 e. The fraction of sp³-hybridized carbons (Fsp3) is 0.160. The van der Waals surface area contributed by atoms with E-state index in [-0.39, 0.29) is 23.5 Å². The van der Waals surface area contributed by atoms with E-state index in [0.29, 0.717) is 29.7 Å². The molecule has 0 bridgehead atoms. The van der Waals surface area contributed by atoms with Gasteiger partial charge in [0.25, 0.3) is 12.1 Å². The van der Waals surface area contributed by atoms with Gasteiger partial charge in [0.2, 0.25) is 17.7 Å². The Morgan fingerprint density at radius 2 is 1.91 bits per heavy atom. The van der Waals surface area contributed by atoms with Gasteiger partial charge in [-0.1, -0.05) is 72.4 Å². The number of para-hydroxylation sites is 1. The molecule has 0 unspecified atom stereocenters. The zero-order valence-electron chi connectivity index (χ0n) is 19.0. The molecule has 0 aliphatic carbocycles. The first-order chi connectivity index (χ1) is 17.1. The number of ether oxygens (including phenoxy) is 1. The van der Waals surface area contributed by atoms with Crippen molar-refractivity contribution >= 4 is 46.4 Å². The van der Waals surface area contributed by atoms with Crippen LogP contribution in [0.2, 0.25) is 0 Å². The first-order valence-electron chi connectivity index (χ1n) is 10.8. The Balaban J connectivity index is 1.45. The highest BCUT2D eigenvalue weighted by Crippen LogP contribution is 2.28. The second-order valence-corrected chi connectivity index (χ2v) is 8.29. The van der Waals surface area contributed by atoms with Gasteiger partial charge >= 0.3 is 5.88 Å². The molecule has 0 fully saturated rings. The van der Waals surface area contributed by atoms with Crippen LogP contribution in [0.3, 0.4) is 0 Å². The van der Waals surface area contributed by atoms with Crippen molar-refractivity contribution in [3.8, 4) is 0 Å². The van der Waals surface area contributed by atoms with Crippen molar-refractivity contribution in [2.45, 2.75) is 6.54 Å². The average molecular weight is 491 g/mol. The number of amidine groups is 1. The molecule has 178 valence electrons. The molecule has 0 spiro atoms. The molecule has 1 aliphatic heterocycles. The highest BCUT2D eigenvalue weighted by Gasteiger charge is 2.32. The summed E-state index contributed by atoms with van der Waals surface area (Å²) >= 11 is 1.16. The first-order valence-corrected chi connectivity index (χ1v) is 11.8. The van der Waals surface area contributed by atoms with Gasteiger partial charge in [0.15, 0.2) is 5.17 Å². The summed E-state index contributed by atoms with van der Waals surface area (Å²) in [5.74, 6) is -0.315. The number of aromatic nitrogens is 2. The van der Waals surface area contributed by atoms with E-state index in [1.54, 1.807) is 25.5 Å². The number of methoxy groups -OCH3 is 1. The van der Waals surface area contributed by atoms with Gasteiger partial charge in [0.1, 0.15) is 12.3 Å². The molecule has 2 amide bonds. The highest BCUT2D eigenvalue weighted by atomic mass is 32.2. The van der Waals surface area contributed by atoms with E-state index >= 15 is 0 Å². The fourth-order valence-corrected chi connectivity index (χ4v) is 3.97. The average Bonchev–Trinajstić information content (AvgIpc) is 3.46. The Morgan fingerprint density at radius 1 is 1.17 bits per heavy atom. The van der Waals surface area contributed by atoms with Gasteiger partial charge in [-0.3, -0.25) is 24.3 Å². The maximum absolute atomic E-state index is 13.1. The number of hydrogen-bond donors (Lipinski definition) is 1. The summed E-state index contributed by atoms with van der Waals surface area (Å²) in [5.41, 5.74) is 1.98. The van der Waals surface area contributed by atoms with E-state index in [9.17, 15) is 9.59 Å². The molecular formula is C25H24N5O4S+. The molecular weight excluding hydrogens is 466 g/mol. The van der Waals surface area contributed by atoms with Crippen LogP contribution in [0.5, 0.6) is 0 Å². The van der Waals surface area contributed by atoms with Gasteiger partial charge in [-0.25, -0.2) is 4.99 Å². The SMILES string of the molecule is COCC[n+]1cc(NC(=O)CSC2=N/C(=C/C=C/c3ccccc3)C(=O)N2c2ccccc2)on1. The van der Waals surface area contributed by atoms with Crippen LogP contribution < -0.4 is 14.9 Å². The summed E-state index contributed by atoms with van der Waals surface area (Å²) in [7, 11) is 1.59. The quantitative estimate of drug-likeness (QED) is 0.365. The summed E-state index contributed by atoms with van der Waals surface area (Å²) in [5, 5.41) is 6.89. The van der Waals surface area contributed by atoms with Crippen LogP contribution in [-0.4, -0.2) is 41.7 Å². The minimum absolute atomic E-state index is 0.0291. The second kappa shape index (κ2) is 11.9. The molecule has 2 aromatic carbocycles. The summed E-state index contributed by atoms with van der Waals surface area (Å²) in [6, 6.07) is 19.0. The van der Waals surface area contributed by atoms with Gasteiger partial charge in [-0.05, 0) is 28.5 Å². The molecule has 9 nitrogen and oxygen atoms in total. The molecule has 4 rings (SSSR count). The predicted octanol–water partition coefficient (Wildman–Crippen LogP) is 3.28. The van der Waals surface area contributed by atoms with Crippen molar-refractivity contribution in [3.05, 3.63) is 90.3 Å². The molecule has 0 atom stereocenters.